The molecule has 6 nitrogen and oxygen atoms in total. The van der Waals surface area contributed by atoms with Crippen molar-refractivity contribution >= 4 is 33.0 Å². The van der Waals surface area contributed by atoms with Crippen molar-refractivity contribution in [2.45, 2.75) is 24.8 Å². The van der Waals surface area contributed by atoms with Crippen molar-refractivity contribution in [1.29, 1.82) is 0 Å². The number of carbonyl (C=O) groups excluding carboxylic acids is 1. The second kappa shape index (κ2) is 7.22. The molecule has 1 amide bonds. The lowest BCUT2D eigenvalue weighted by molar-refractivity contribution is -0.114. The quantitative estimate of drug-likeness (QED) is 0.739. The second-order valence-electron chi connectivity index (χ2n) is 5.09. The molecular formula is C15H18N2O4S2. The number of benzene rings is 1. The van der Waals surface area contributed by atoms with Gasteiger partial charge in [0.05, 0.1) is 11.0 Å². The summed E-state index contributed by atoms with van der Waals surface area (Å²) >= 11 is 1.43. The second-order valence-corrected chi connectivity index (χ2v) is 7.60. The summed E-state index contributed by atoms with van der Waals surface area (Å²) in [5, 5.41) is 16.2. The number of amides is 1. The van der Waals surface area contributed by atoms with Gasteiger partial charge in [0.15, 0.2) is 0 Å². The number of hydrogen-bond acceptors (Lipinski definition) is 5. The zero-order valence-electron chi connectivity index (χ0n) is 12.7. The number of aryl methyl sites for hydroxylation is 1. The van der Waals surface area contributed by atoms with Crippen molar-refractivity contribution < 1.29 is 18.3 Å². The smallest absolute Gasteiger partial charge is 0.240 e. The molecule has 1 unspecified atom stereocenters. The van der Waals surface area contributed by atoms with Crippen molar-refractivity contribution in [3.63, 3.8) is 0 Å². The Morgan fingerprint density at radius 1 is 1.35 bits per heavy atom. The average Bonchev–Trinajstić information content (AvgIpc) is 2.98. The van der Waals surface area contributed by atoms with Crippen LogP contribution in [0.15, 0.2) is 39.9 Å². The number of nitrogens with one attached hydrogen (secondary N) is 2. The van der Waals surface area contributed by atoms with E-state index in [1.165, 1.54) is 30.4 Å². The van der Waals surface area contributed by atoms with Crippen LogP contribution in [0.5, 0.6) is 0 Å². The predicted octanol–water partition coefficient (Wildman–Crippen LogP) is 2.03. The molecule has 2 aromatic rings. The highest BCUT2D eigenvalue weighted by atomic mass is 32.2. The van der Waals surface area contributed by atoms with E-state index in [-0.39, 0.29) is 17.3 Å². The first-order chi connectivity index (χ1) is 10.8. The summed E-state index contributed by atoms with van der Waals surface area (Å²) in [6.07, 6.45) is -0.894. The van der Waals surface area contributed by atoms with Gasteiger partial charge in [-0.15, -0.1) is 0 Å². The monoisotopic (exact) mass is 354 g/mol. The first-order valence-electron chi connectivity index (χ1n) is 6.87. The SMILES string of the molecule is CC(=O)Nc1ccc(S(=O)(=O)NCC(O)c2ccsc2)c(C)c1. The van der Waals surface area contributed by atoms with Gasteiger partial charge in [0.2, 0.25) is 15.9 Å². The van der Waals surface area contributed by atoms with Crippen molar-refractivity contribution in [1.82, 2.24) is 4.72 Å². The van der Waals surface area contributed by atoms with Gasteiger partial charge < -0.3 is 10.4 Å². The standard InChI is InChI=1S/C15H18N2O4S2/c1-10-7-13(17-11(2)18)3-4-15(10)23(20,21)16-8-14(19)12-5-6-22-9-12/h3-7,9,14,16,19H,8H2,1-2H3,(H,17,18). The van der Waals surface area contributed by atoms with Crippen LogP contribution in [0, 0.1) is 6.92 Å². The molecule has 8 heteroatoms. The topological polar surface area (TPSA) is 95.5 Å². The van der Waals surface area contributed by atoms with Crippen LogP contribution in [0.25, 0.3) is 0 Å². The Labute approximate surface area is 139 Å². The summed E-state index contributed by atoms with van der Waals surface area (Å²) < 4.78 is 27.1. The van der Waals surface area contributed by atoms with Crippen LogP contribution in [0.2, 0.25) is 0 Å². The van der Waals surface area contributed by atoms with Gasteiger partial charge in [0.25, 0.3) is 0 Å². The molecule has 124 valence electrons. The number of rotatable bonds is 6. The third-order valence-corrected chi connectivity index (χ3v) is 5.46. The van der Waals surface area contributed by atoms with E-state index in [1.807, 2.05) is 5.38 Å². The van der Waals surface area contributed by atoms with Crippen molar-refractivity contribution in [3.8, 4) is 0 Å². The van der Waals surface area contributed by atoms with Gasteiger partial charge >= 0.3 is 0 Å². The largest absolute Gasteiger partial charge is 0.387 e. The Kier molecular flexibility index (Phi) is 5.53. The van der Waals surface area contributed by atoms with Crippen LogP contribution in [0.4, 0.5) is 5.69 Å². The van der Waals surface area contributed by atoms with Gasteiger partial charge in [-0.3, -0.25) is 4.79 Å². The number of thiophene rings is 1. The molecule has 1 aromatic carbocycles. The molecule has 0 radical (unpaired) electrons. The summed E-state index contributed by atoms with van der Waals surface area (Å²) in [5.74, 6) is -0.225. The molecule has 2 rings (SSSR count). The van der Waals surface area contributed by atoms with Gasteiger partial charge in [0.1, 0.15) is 0 Å². The van der Waals surface area contributed by atoms with E-state index in [9.17, 15) is 18.3 Å². The van der Waals surface area contributed by atoms with E-state index < -0.39 is 16.1 Å². The summed E-state index contributed by atoms with van der Waals surface area (Å²) in [4.78, 5) is 11.1. The maximum atomic E-state index is 12.4. The molecule has 23 heavy (non-hydrogen) atoms. The van der Waals surface area contributed by atoms with Crippen LogP contribution in [0.3, 0.4) is 0 Å². The molecule has 0 aliphatic heterocycles. The van der Waals surface area contributed by atoms with Crippen molar-refractivity contribution in [2.75, 3.05) is 11.9 Å². The van der Waals surface area contributed by atoms with E-state index in [2.05, 4.69) is 10.0 Å². The maximum Gasteiger partial charge on any atom is 0.240 e. The number of aliphatic hydroxyl groups is 1. The van der Waals surface area contributed by atoms with Gasteiger partial charge in [-0.05, 0) is 53.1 Å². The van der Waals surface area contributed by atoms with Gasteiger partial charge in [-0.25, -0.2) is 13.1 Å². The minimum absolute atomic E-state index is 0.105. The number of aliphatic hydroxyl groups excluding tert-OH is 1. The number of hydrogen-bond donors (Lipinski definition) is 3. The van der Waals surface area contributed by atoms with E-state index in [0.717, 1.165) is 0 Å². The fourth-order valence-electron chi connectivity index (χ4n) is 2.08. The van der Waals surface area contributed by atoms with Crippen LogP contribution < -0.4 is 10.0 Å². The molecule has 0 spiro atoms. The van der Waals surface area contributed by atoms with Crippen LogP contribution >= 0.6 is 11.3 Å². The molecular weight excluding hydrogens is 336 g/mol. The first kappa shape index (κ1) is 17.6. The van der Waals surface area contributed by atoms with Crippen LogP contribution in [0.1, 0.15) is 24.2 Å². The minimum atomic E-state index is -3.74. The Bertz CT molecular complexity index is 786. The molecule has 1 atom stereocenters. The normalized spacial score (nSPS) is 12.8. The van der Waals surface area contributed by atoms with Gasteiger partial charge in [0, 0.05) is 19.2 Å². The summed E-state index contributed by atoms with van der Waals surface area (Å²) in [5.41, 5.74) is 1.72. The first-order valence-corrected chi connectivity index (χ1v) is 9.30. The number of anilines is 1. The maximum absolute atomic E-state index is 12.4. The Hall–Kier alpha value is -1.74. The van der Waals surface area contributed by atoms with E-state index in [0.29, 0.717) is 16.8 Å². The van der Waals surface area contributed by atoms with Crippen LogP contribution in [-0.4, -0.2) is 26.0 Å². The molecule has 1 heterocycles. The summed E-state index contributed by atoms with van der Waals surface area (Å²) in [6, 6.07) is 6.29. The predicted molar refractivity (Wildman–Crippen MR) is 90.0 cm³/mol. The van der Waals surface area contributed by atoms with Gasteiger partial charge in [-0.1, -0.05) is 0 Å². The van der Waals surface area contributed by atoms with E-state index in [4.69, 9.17) is 0 Å². The third kappa shape index (κ3) is 4.61. The number of carbonyl (C=O) groups is 1. The highest BCUT2D eigenvalue weighted by molar-refractivity contribution is 7.89. The fourth-order valence-corrected chi connectivity index (χ4v) is 4.05. The molecule has 0 fully saturated rings. The van der Waals surface area contributed by atoms with Crippen molar-refractivity contribution in [2.24, 2.45) is 0 Å². The zero-order valence-corrected chi connectivity index (χ0v) is 14.4. The fraction of sp³-hybridized carbons (Fsp3) is 0.267. The van der Waals surface area contributed by atoms with Gasteiger partial charge in [-0.2, -0.15) is 11.3 Å². The van der Waals surface area contributed by atoms with Crippen LogP contribution in [-0.2, 0) is 14.8 Å². The highest BCUT2D eigenvalue weighted by Gasteiger charge is 2.19. The lowest BCUT2D eigenvalue weighted by atomic mass is 10.2. The molecule has 0 aliphatic carbocycles. The highest BCUT2D eigenvalue weighted by Crippen LogP contribution is 2.21. The lowest BCUT2D eigenvalue weighted by Gasteiger charge is -2.13. The van der Waals surface area contributed by atoms with E-state index >= 15 is 0 Å². The Balaban J connectivity index is 2.11. The Morgan fingerprint density at radius 2 is 2.09 bits per heavy atom. The summed E-state index contributed by atoms with van der Waals surface area (Å²) in [6.45, 7) is 2.93. The van der Waals surface area contributed by atoms with Crippen molar-refractivity contribution in [3.05, 3.63) is 46.2 Å². The molecule has 0 aliphatic rings. The molecule has 1 aromatic heterocycles. The third-order valence-electron chi connectivity index (χ3n) is 3.18. The minimum Gasteiger partial charge on any atom is -0.387 e. The zero-order chi connectivity index (χ0) is 17.0. The molecule has 0 bridgehead atoms. The average molecular weight is 354 g/mol. The number of sulfonamides is 1. The lowest BCUT2D eigenvalue weighted by Crippen LogP contribution is -2.29. The Morgan fingerprint density at radius 3 is 2.65 bits per heavy atom. The molecule has 3 N–H and O–H groups in total. The molecule has 0 saturated carbocycles. The summed E-state index contributed by atoms with van der Waals surface area (Å²) in [7, 11) is -3.74. The molecule has 0 saturated heterocycles. The van der Waals surface area contributed by atoms with E-state index in [1.54, 1.807) is 24.4 Å².